The van der Waals surface area contributed by atoms with Crippen molar-refractivity contribution in [2.45, 2.75) is 19.3 Å². The number of rotatable bonds is 5. The molecular weight excluding hydrogens is 399 g/mol. The van der Waals surface area contributed by atoms with Crippen LogP contribution in [0.5, 0.6) is 0 Å². The summed E-state index contributed by atoms with van der Waals surface area (Å²) < 4.78 is 0. The van der Waals surface area contributed by atoms with Gasteiger partial charge in [0.15, 0.2) is 5.13 Å². The molecule has 4 rings (SSSR count). The van der Waals surface area contributed by atoms with E-state index in [0.717, 1.165) is 41.3 Å². The summed E-state index contributed by atoms with van der Waals surface area (Å²) in [5.74, 6) is 1.65. The van der Waals surface area contributed by atoms with Crippen LogP contribution in [0.1, 0.15) is 18.4 Å². The summed E-state index contributed by atoms with van der Waals surface area (Å²) >= 11 is 1.65. The molecular formula is C20H24Cl2N4S. The molecule has 0 atom stereocenters. The van der Waals surface area contributed by atoms with Crippen LogP contribution in [0.4, 0.5) is 10.9 Å². The quantitative estimate of drug-likeness (QED) is 0.582. The standard InChI is InChI=1S/C20H22N4S.2ClH/c1-2-4-17(5-3-1)18-14-23-20(25-18)24-19-13-16(8-11-22-19)12-15-6-9-21-10-7-15;;/h1-5,8,11,13-15,21H,6-7,9-10,12H2,(H,22,23,24);2*1H. The molecule has 27 heavy (non-hydrogen) atoms. The predicted octanol–water partition coefficient (Wildman–Crippen LogP) is 5.33. The molecule has 0 aliphatic carbocycles. The van der Waals surface area contributed by atoms with Crippen molar-refractivity contribution in [2.75, 3.05) is 18.4 Å². The molecule has 0 radical (unpaired) electrons. The Hall–Kier alpha value is -1.66. The van der Waals surface area contributed by atoms with E-state index >= 15 is 0 Å². The number of benzene rings is 1. The molecule has 0 spiro atoms. The normalized spacial score (nSPS) is 14.1. The van der Waals surface area contributed by atoms with E-state index in [1.54, 1.807) is 11.3 Å². The average molecular weight is 423 g/mol. The lowest BCUT2D eigenvalue weighted by atomic mass is 9.91. The first-order chi connectivity index (χ1) is 12.4. The van der Waals surface area contributed by atoms with E-state index in [2.05, 4.69) is 44.9 Å². The molecule has 0 saturated carbocycles. The fourth-order valence-electron chi connectivity index (χ4n) is 3.27. The highest BCUT2D eigenvalue weighted by Crippen LogP contribution is 2.30. The van der Waals surface area contributed by atoms with Crippen molar-refractivity contribution in [3.63, 3.8) is 0 Å². The lowest BCUT2D eigenvalue weighted by Crippen LogP contribution is -2.28. The molecule has 4 nitrogen and oxygen atoms in total. The molecule has 3 heterocycles. The molecule has 2 aromatic heterocycles. The average Bonchev–Trinajstić information content (AvgIpc) is 3.12. The summed E-state index contributed by atoms with van der Waals surface area (Å²) in [5, 5.41) is 7.66. The molecule has 0 bridgehead atoms. The lowest BCUT2D eigenvalue weighted by molar-refractivity contribution is 0.372. The van der Waals surface area contributed by atoms with Gasteiger partial charge in [-0.2, -0.15) is 0 Å². The van der Waals surface area contributed by atoms with E-state index in [9.17, 15) is 0 Å². The third-order valence-electron chi connectivity index (χ3n) is 4.61. The van der Waals surface area contributed by atoms with Gasteiger partial charge >= 0.3 is 0 Å². The van der Waals surface area contributed by atoms with Crippen LogP contribution >= 0.6 is 36.2 Å². The van der Waals surface area contributed by atoms with Crippen molar-refractivity contribution < 1.29 is 0 Å². The van der Waals surface area contributed by atoms with Crippen molar-refractivity contribution in [1.82, 2.24) is 15.3 Å². The predicted molar refractivity (Wildman–Crippen MR) is 119 cm³/mol. The topological polar surface area (TPSA) is 49.8 Å². The summed E-state index contributed by atoms with van der Waals surface area (Å²) in [6, 6.07) is 14.6. The van der Waals surface area contributed by atoms with Gasteiger partial charge in [0.2, 0.25) is 0 Å². The van der Waals surface area contributed by atoms with Crippen molar-refractivity contribution in [3.05, 3.63) is 60.4 Å². The molecule has 1 aliphatic rings. The van der Waals surface area contributed by atoms with Gasteiger partial charge < -0.3 is 10.6 Å². The highest BCUT2D eigenvalue weighted by molar-refractivity contribution is 7.18. The molecule has 0 amide bonds. The zero-order valence-electron chi connectivity index (χ0n) is 14.9. The maximum absolute atomic E-state index is 4.49. The SMILES string of the molecule is Cl.Cl.c1ccc(-c2cnc(Nc3cc(CC4CCNCC4)ccn3)s2)cc1. The highest BCUT2D eigenvalue weighted by atomic mass is 35.5. The van der Waals surface area contributed by atoms with Crippen LogP contribution in [0.25, 0.3) is 10.4 Å². The van der Waals surface area contributed by atoms with Gasteiger partial charge in [0.05, 0.1) is 4.88 Å². The monoisotopic (exact) mass is 422 g/mol. The van der Waals surface area contributed by atoms with Crippen LogP contribution < -0.4 is 10.6 Å². The number of aromatic nitrogens is 2. The number of piperidine rings is 1. The molecule has 144 valence electrons. The second-order valence-corrected chi connectivity index (χ2v) is 7.50. The van der Waals surface area contributed by atoms with Gasteiger partial charge in [0, 0.05) is 12.4 Å². The Kier molecular flexibility index (Phi) is 8.51. The first kappa shape index (κ1) is 21.6. The van der Waals surface area contributed by atoms with E-state index in [1.807, 2.05) is 30.6 Å². The second-order valence-electron chi connectivity index (χ2n) is 6.47. The van der Waals surface area contributed by atoms with Crippen LogP contribution in [0.2, 0.25) is 0 Å². The van der Waals surface area contributed by atoms with Crippen molar-refractivity contribution >= 4 is 47.1 Å². The van der Waals surface area contributed by atoms with Gasteiger partial charge in [0.25, 0.3) is 0 Å². The van der Waals surface area contributed by atoms with Crippen LogP contribution in [-0.2, 0) is 6.42 Å². The number of nitrogens with one attached hydrogen (secondary N) is 2. The second kappa shape index (κ2) is 10.6. The van der Waals surface area contributed by atoms with Crippen LogP contribution in [0.3, 0.4) is 0 Å². The van der Waals surface area contributed by atoms with Crippen LogP contribution in [-0.4, -0.2) is 23.1 Å². The van der Waals surface area contributed by atoms with E-state index in [4.69, 9.17) is 0 Å². The number of pyridine rings is 1. The minimum absolute atomic E-state index is 0. The number of anilines is 2. The Morgan fingerprint density at radius 3 is 2.59 bits per heavy atom. The largest absolute Gasteiger partial charge is 0.317 e. The maximum Gasteiger partial charge on any atom is 0.188 e. The molecule has 1 aromatic carbocycles. The third-order valence-corrected chi connectivity index (χ3v) is 5.57. The molecule has 3 aromatic rings. The van der Waals surface area contributed by atoms with Crippen LogP contribution in [0.15, 0.2) is 54.9 Å². The Morgan fingerprint density at radius 1 is 1.04 bits per heavy atom. The van der Waals surface area contributed by atoms with E-state index in [1.165, 1.54) is 24.0 Å². The van der Waals surface area contributed by atoms with E-state index in [-0.39, 0.29) is 24.8 Å². The van der Waals surface area contributed by atoms with Crippen LogP contribution in [0, 0.1) is 5.92 Å². The molecule has 1 saturated heterocycles. The fourth-order valence-corrected chi connectivity index (χ4v) is 4.09. The minimum atomic E-state index is 0. The van der Waals surface area contributed by atoms with Gasteiger partial charge in [-0.15, -0.1) is 24.8 Å². The van der Waals surface area contributed by atoms with Crippen molar-refractivity contribution in [2.24, 2.45) is 5.92 Å². The maximum atomic E-state index is 4.49. The van der Waals surface area contributed by atoms with Gasteiger partial charge in [-0.25, -0.2) is 9.97 Å². The van der Waals surface area contributed by atoms with Gasteiger partial charge in [0.1, 0.15) is 5.82 Å². The Morgan fingerprint density at radius 2 is 1.81 bits per heavy atom. The van der Waals surface area contributed by atoms with Gasteiger partial charge in [-0.3, -0.25) is 0 Å². The Labute approximate surface area is 176 Å². The number of halogens is 2. The fraction of sp³-hybridized carbons (Fsp3) is 0.300. The zero-order valence-corrected chi connectivity index (χ0v) is 17.4. The number of thiazole rings is 1. The number of hydrogen-bond donors (Lipinski definition) is 2. The smallest absolute Gasteiger partial charge is 0.188 e. The zero-order chi connectivity index (χ0) is 16.9. The number of nitrogens with zero attached hydrogens (tertiary/aromatic N) is 2. The molecule has 1 aliphatic heterocycles. The molecule has 7 heteroatoms. The highest BCUT2D eigenvalue weighted by Gasteiger charge is 2.14. The van der Waals surface area contributed by atoms with E-state index in [0.29, 0.717) is 0 Å². The third kappa shape index (κ3) is 5.91. The van der Waals surface area contributed by atoms with Gasteiger partial charge in [-0.1, -0.05) is 41.7 Å². The lowest BCUT2D eigenvalue weighted by Gasteiger charge is -2.22. The number of hydrogen-bond acceptors (Lipinski definition) is 5. The first-order valence-corrected chi connectivity index (χ1v) is 9.62. The Bertz CT molecular complexity index is 820. The van der Waals surface area contributed by atoms with E-state index < -0.39 is 0 Å². The molecule has 1 fully saturated rings. The summed E-state index contributed by atoms with van der Waals surface area (Å²) in [7, 11) is 0. The molecule has 0 unspecified atom stereocenters. The summed E-state index contributed by atoms with van der Waals surface area (Å²) in [4.78, 5) is 10.1. The first-order valence-electron chi connectivity index (χ1n) is 8.81. The Balaban J connectivity index is 0.00000131. The summed E-state index contributed by atoms with van der Waals surface area (Å²) in [5.41, 5.74) is 2.55. The minimum Gasteiger partial charge on any atom is -0.317 e. The summed E-state index contributed by atoms with van der Waals surface area (Å²) in [6.45, 7) is 2.28. The molecule has 2 N–H and O–H groups in total. The van der Waals surface area contributed by atoms with Crippen molar-refractivity contribution in [1.29, 1.82) is 0 Å². The summed E-state index contributed by atoms with van der Waals surface area (Å²) in [6.07, 6.45) is 7.47. The van der Waals surface area contributed by atoms with Gasteiger partial charge in [-0.05, 0) is 61.5 Å². The van der Waals surface area contributed by atoms with Crippen molar-refractivity contribution in [3.8, 4) is 10.4 Å².